The number of carbonyl (C=O) groups excluding carboxylic acids is 3. The van der Waals surface area contributed by atoms with Gasteiger partial charge in [0, 0.05) is 24.0 Å². The van der Waals surface area contributed by atoms with Crippen LogP contribution in [0.1, 0.15) is 42.3 Å². The van der Waals surface area contributed by atoms with Crippen molar-refractivity contribution in [2.75, 3.05) is 24.2 Å². The van der Waals surface area contributed by atoms with Crippen molar-refractivity contribution in [3.63, 3.8) is 0 Å². The van der Waals surface area contributed by atoms with Crippen LogP contribution in [-0.4, -0.2) is 42.0 Å². The summed E-state index contributed by atoms with van der Waals surface area (Å²) in [5, 5.41) is 5.46. The molecule has 2 aromatic carbocycles. The van der Waals surface area contributed by atoms with Crippen LogP contribution in [0, 0.1) is 13.8 Å². The zero-order valence-electron chi connectivity index (χ0n) is 18.3. The average Bonchev–Trinajstić information content (AvgIpc) is 2.64. The average molecular weight is 412 g/mol. The van der Waals surface area contributed by atoms with Crippen molar-refractivity contribution in [2.45, 2.75) is 40.2 Å². The normalized spacial score (nSPS) is 10.9. The summed E-state index contributed by atoms with van der Waals surface area (Å²) in [6.07, 6.45) is -0.568. The molecule has 160 valence electrons. The van der Waals surface area contributed by atoms with Gasteiger partial charge in [-0.05, 0) is 76.1 Å². The van der Waals surface area contributed by atoms with E-state index >= 15 is 0 Å². The predicted molar refractivity (Wildman–Crippen MR) is 118 cm³/mol. The molecule has 7 nitrogen and oxygen atoms in total. The van der Waals surface area contributed by atoms with E-state index < -0.39 is 11.7 Å². The molecule has 0 saturated carbocycles. The molecule has 0 atom stereocenters. The molecule has 2 aromatic rings. The standard InChI is InChI=1S/C23H29N3O4/c1-15-8-7-9-19(16(15)2)25-20(27)14-26(6)21(28)17-10-12-18(13-11-17)24-22(29)30-23(3,4)5/h7-13H,14H2,1-6H3,(H,24,29)(H,25,27). The molecule has 0 heterocycles. The Kier molecular flexibility index (Phi) is 7.21. The lowest BCUT2D eigenvalue weighted by molar-refractivity contribution is -0.116. The fraction of sp³-hybridized carbons (Fsp3) is 0.348. The van der Waals surface area contributed by atoms with E-state index in [1.165, 1.54) is 4.90 Å². The molecule has 0 saturated heterocycles. The number of carbonyl (C=O) groups is 3. The van der Waals surface area contributed by atoms with Crippen LogP contribution in [0.4, 0.5) is 16.2 Å². The fourth-order valence-electron chi connectivity index (χ4n) is 2.70. The molecule has 30 heavy (non-hydrogen) atoms. The molecule has 3 amide bonds. The zero-order valence-corrected chi connectivity index (χ0v) is 18.3. The second-order valence-electron chi connectivity index (χ2n) is 8.16. The van der Waals surface area contributed by atoms with Gasteiger partial charge < -0.3 is 15.0 Å². The van der Waals surface area contributed by atoms with Gasteiger partial charge in [-0.1, -0.05) is 12.1 Å². The summed E-state index contributed by atoms with van der Waals surface area (Å²) in [5.41, 5.74) is 3.13. The van der Waals surface area contributed by atoms with Crippen molar-refractivity contribution in [2.24, 2.45) is 0 Å². The third kappa shape index (κ3) is 6.62. The van der Waals surface area contributed by atoms with E-state index in [1.807, 2.05) is 32.0 Å². The number of nitrogens with zero attached hydrogens (tertiary/aromatic N) is 1. The van der Waals surface area contributed by atoms with Gasteiger partial charge in [-0.25, -0.2) is 4.79 Å². The summed E-state index contributed by atoms with van der Waals surface area (Å²) < 4.78 is 5.20. The maximum atomic E-state index is 12.6. The van der Waals surface area contributed by atoms with Gasteiger partial charge in [-0.3, -0.25) is 14.9 Å². The van der Waals surface area contributed by atoms with Gasteiger partial charge in [0.25, 0.3) is 5.91 Å². The molecule has 0 aliphatic carbocycles. The highest BCUT2D eigenvalue weighted by Gasteiger charge is 2.18. The van der Waals surface area contributed by atoms with Gasteiger partial charge in [0.1, 0.15) is 5.60 Å². The Morgan fingerprint density at radius 1 is 0.967 bits per heavy atom. The van der Waals surface area contributed by atoms with Crippen LogP contribution in [-0.2, 0) is 9.53 Å². The number of hydrogen-bond donors (Lipinski definition) is 2. The first-order chi connectivity index (χ1) is 14.0. The van der Waals surface area contributed by atoms with E-state index in [4.69, 9.17) is 4.74 Å². The SMILES string of the molecule is Cc1cccc(NC(=O)CN(C)C(=O)c2ccc(NC(=O)OC(C)(C)C)cc2)c1C. The van der Waals surface area contributed by atoms with Gasteiger partial charge in [-0.15, -0.1) is 0 Å². The smallest absolute Gasteiger partial charge is 0.412 e. The molecule has 0 bridgehead atoms. The van der Waals surface area contributed by atoms with E-state index in [9.17, 15) is 14.4 Å². The number of rotatable bonds is 5. The highest BCUT2D eigenvalue weighted by atomic mass is 16.6. The van der Waals surface area contributed by atoms with Crippen LogP contribution in [0.25, 0.3) is 0 Å². The lowest BCUT2D eigenvalue weighted by atomic mass is 10.1. The van der Waals surface area contributed by atoms with Gasteiger partial charge >= 0.3 is 6.09 Å². The Hall–Kier alpha value is -3.35. The van der Waals surface area contributed by atoms with Crippen LogP contribution in [0.15, 0.2) is 42.5 Å². The van der Waals surface area contributed by atoms with Crippen LogP contribution in [0.3, 0.4) is 0 Å². The minimum absolute atomic E-state index is 0.0792. The molecular weight excluding hydrogens is 382 g/mol. The molecule has 7 heteroatoms. The van der Waals surface area contributed by atoms with Crippen LogP contribution < -0.4 is 10.6 Å². The number of nitrogens with one attached hydrogen (secondary N) is 2. The topological polar surface area (TPSA) is 87.7 Å². The van der Waals surface area contributed by atoms with E-state index in [0.29, 0.717) is 11.3 Å². The predicted octanol–water partition coefficient (Wildman–Crippen LogP) is 4.36. The fourth-order valence-corrected chi connectivity index (χ4v) is 2.70. The van der Waals surface area contributed by atoms with E-state index in [2.05, 4.69) is 10.6 Å². The van der Waals surface area contributed by atoms with E-state index in [1.54, 1.807) is 52.1 Å². The first kappa shape index (κ1) is 22.9. The summed E-state index contributed by atoms with van der Waals surface area (Å²) in [6, 6.07) is 12.1. The third-order valence-electron chi connectivity index (χ3n) is 4.38. The van der Waals surface area contributed by atoms with E-state index in [-0.39, 0.29) is 18.4 Å². The Balaban J connectivity index is 1.94. The van der Waals surface area contributed by atoms with Crippen molar-refractivity contribution in [1.82, 2.24) is 4.90 Å². The molecule has 0 spiro atoms. The lowest BCUT2D eigenvalue weighted by Crippen LogP contribution is -2.35. The van der Waals surface area contributed by atoms with Crippen molar-refractivity contribution in [3.8, 4) is 0 Å². The summed E-state index contributed by atoms with van der Waals surface area (Å²) in [7, 11) is 1.57. The summed E-state index contributed by atoms with van der Waals surface area (Å²) in [6.45, 7) is 9.17. The van der Waals surface area contributed by atoms with Gasteiger partial charge in [-0.2, -0.15) is 0 Å². The van der Waals surface area contributed by atoms with Crippen molar-refractivity contribution >= 4 is 29.3 Å². The van der Waals surface area contributed by atoms with Gasteiger partial charge in [0.2, 0.25) is 5.91 Å². The Bertz CT molecular complexity index is 930. The minimum Gasteiger partial charge on any atom is -0.444 e. The van der Waals surface area contributed by atoms with Crippen molar-refractivity contribution < 1.29 is 19.1 Å². The van der Waals surface area contributed by atoms with Gasteiger partial charge in [0.15, 0.2) is 0 Å². The number of ether oxygens (including phenoxy) is 1. The number of benzene rings is 2. The maximum absolute atomic E-state index is 12.6. The molecule has 2 N–H and O–H groups in total. The quantitative estimate of drug-likeness (QED) is 0.765. The molecule has 0 aliphatic heterocycles. The van der Waals surface area contributed by atoms with Crippen molar-refractivity contribution in [1.29, 1.82) is 0 Å². The lowest BCUT2D eigenvalue weighted by Gasteiger charge is -2.20. The second kappa shape index (κ2) is 9.43. The van der Waals surface area contributed by atoms with Gasteiger partial charge in [0.05, 0.1) is 6.54 Å². The molecule has 2 rings (SSSR count). The third-order valence-corrected chi connectivity index (χ3v) is 4.38. The Labute approximate surface area is 177 Å². The van der Waals surface area contributed by atoms with Crippen LogP contribution in [0.5, 0.6) is 0 Å². The number of amides is 3. The molecular formula is C23H29N3O4. The number of hydrogen-bond acceptors (Lipinski definition) is 4. The Morgan fingerprint density at radius 2 is 1.60 bits per heavy atom. The molecule has 0 radical (unpaired) electrons. The van der Waals surface area contributed by atoms with Crippen molar-refractivity contribution in [3.05, 3.63) is 59.2 Å². The first-order valence-corrected chi connectivity index (χ1v) is 9.68. The minimum atomic E-state index is -0.597. The number of likely N-dealkylation sites (N-methyl/N-ethyl adjacent to an activating group) is 1. The molecule has 0 aromatic heterocycles. The molecule has 0 fully saturated rings. The number of anilines is 2. The highest BCUT2D eigenvalue weighted by Crippen LogP contribution is 2.18. The van der Waals surface area contributed by atoms with Crippen LogP contribution in [0.2, 0.25) is 0 Å². The summed E-state index contributed by atoms with van der Waals surface area (Å²) >= 11 is 0. The monoisotopic (exact) mass is 411 g/mol. The molecule has 0 aliphatic rings. The van der Waals surface area contributed by atoms with E-state index in [0.717, 1.165) is 16.8 Å². The summed E-state index contributed by atoms with van der Waals surface area (Å²) in [4.78, 5) is 38.1. The Morgan fingerprint density at radius 3 is 2.20 bits per heavy atom. The maximum Gasteiger partial charge on any atom is 0.412 e. The largest absolute Gasteiger partial charge is 0.444 e. The number of aryl methyl sites for hydroxylation is 1. The first-order valence-electron chi connectivity index (χ1n) is 9.68. The summed E-state index contributed by atoms with van der Waals surface area (Å²) in [5.74, 6) is -0.572. The zero-order chi connectivity index (χ0) is 22.5. The highest BCUT2D eigenvalue weighted by molar-refractivity contribution is 5.99. The van der Waals surface area contributed by atoms with Crippen LogP contribution >= 0.6 is 0 Å². The second-order valence-corrected chi connectivity index (χ2v) is 8.16. The molecule has 0 unspecified atom stereocenters.